The lowest BCUT2D eigenvalue weighted by atomic mass is 10.1. The fourth-order valence-corrected chi connectivity index (χ4v) is 2.09. The standard InChI is InChI=1S/C13H16F2N2O.ClH/c14-10-4-3-9(12(15)7-10)6-13(18)17-11-2-1-5-16-8-11;/h3-4,7,11,16H,1-2,5-6,8H2,(H,17,18);1H/t11-;/m1./s1. The quantitative estimate of drug-likeness (QED) is 0.891. The topological polar surface area (TPSA) is 41.1 Å². The Balaban J connectivity index is 0.00000180. The molecule has 0 radical (unpaired) electrons. The van der Waals surface area contributed by atoms with Gasteiger partial charge < -0.3 is 10.6 Å². The minimum atomic E-state index is -0.674. The summed E-state index contributed by atoms with van der Waals surface area (Å²) in [5.74, 6) is -1.53. The number of hydrogen-bond donors (Lipinski definition) is 2. The maximum atomic E-state index is 13.4. The van der Waals surface area contributed by atoms with Crippen LogP contribution in [0, 0.1) is 11.6 Å². The molecule has 0 spiro atoms. The Labute approximate surface area is 117 Å². The molecule has 1 aromatic carbocycles. The van der Waals surface area contributed by atoms with Crippen LogP contribution in [0.5, 0.6) is 0 Å². The first-order valence-electron chi connectivity index (χ1n) is 6.09. The van der Waals surface area contributed by atoms with Crippen LogP contribution in [0.3, 0.4) is 0 Å². The van der Waals surface area contributed by atoms with E-state index in [2.05, 4.69) is 10.6 Å². The van der Waals surface area contributed by atoms with Crippen LogP contribution in [0.4, 0.5) is 8.78 Å². The van der Waals surface area contributed by atoms with E-state index < -0.39 is 11.6 Å². The molecule has 1 amide bonds. The predicted molar refractivity (Wildman–Crippen MR) is 71.3 cm³/mol. The Bertz CT molecular complexity index is 437. The van der Waals surface area contributed by atoms with Gasteiger partial charge in [0.1, 0.15) is 11.6 Å². The van der Waals surface area contributed by atoms with Crippen molar-refractivity contribution in [2.75, 3.05) is 13.1 Å². The molecule has 0 aromatic heterocycles. The molecule has 0 bridgehead atoms. The highest BCUT2D eigenvalue weighted by molar-refractivity contribution is 5.85. The molecule has 1 aromatic rings. The zero-order valence-corrected chi connectivity index (χ0v) is 11.2. The van der Waals surface area contributed by atoms with Crippen molar-refractivity contribution >= 4 is 18.3 Å². The second-order valence-corrected chi connectivity index (χ2v) is 4.52. The largest absolute Gasteiger partial charge is 0.352 e. The number of carbonyl (C=O) groups is 1. The van der Waals surface area contributed by atoms with E-state index in [1.807, 2.05) is 0 Å². The number of carbonyl (C=O) groups excluding carboxylic acids is 1. The van der Waals surface area contributed by atoms with Crippen LogP contribution < -0.4 is 10.6 Å². The maximum absolute atomic E-state index is 13.4. The van der Waals surface area contributed by atoms with E-state index >= 15 is 0 Å². The van der Waals surface area contributed by atoms with Crippen molar-refractivity contribution in [3.63, 3.8) is 0 Å². The first kappa shape index (κ1) is 15.9. The number of halogens is 3. The lowest BCUT2D eigenvalue weighted by Crippen LogP contribution is -2.46. The van der Waals surface area contributed by atoms with Crippen molar-refractivity contribution in [1.29, 1.82) is 0 Å². The van der Waals surface area contributed by atoms with Gasteiger partial charge in [-0.2, -0.15) is 0 Å². The van der Waals surface area contributed by atoms with E-state index in [-0.39, 0.29) is 36.3 Å². The van der Waals surface area contributed by atoms with Crippen molar-refractivity contribution < 1.29 is 13.6 Å². The summed E-state index contributed by atoms with van der Waals surface area (Å²) in [7, 11) is 0. The molecule has 1 aliphatic heterocycles. The number of nitrogens with one attached hydrogen (secondary N) is 2. The summed E-state index contributed by atoms with van der Waals surface area (Å²) in [5, 5.41) is 6.03. The SMILES string of the molecule is Cl.O=C(Cc1ccc(F)cc1F)N[C@@H]1CCCNC1. The lowest BCUT2D eigenvalue weighted by Gasteiger charge is -2.23. The first-order chi connectivity index (χ1) is 8.65. The third-order valence-electron chi connectivity index (χ3n) is 3.03. The van der Waals surface area contributed by atoms with Gasteiger partial charge in [0.15, 0.2) is 0 Å². The van der Waals surface area contributed by atoms with Crippen LogP contribution in [0.25, 0.3) is 0 Å². The average Bonchev–Trinajstić information content (AvgIpc) is 2.34. The molecular weight excluding hydrogens is 274 g/mol. The van der Waals surface area contributed by atoms with Crippen molar-refractivity contribution in [3.05, 3.63) is 35.4 Å². The van der Waals surface area contributed by atoms with Crippen LogP contribution in [0.15, 0.2) is 18.2 Å². The molecule has 1 saturated heterocycles. The Morgan fingerprint density at radius 1 is 1.42 bits per heavy atom. The zero-order valence-electron chi connectivity index (χ0n) is 10.4. The van der Waals surface area contributed by atoms with Crippen LogP contribution in [-0.2, 0) is 11.2 Å². The van der Waals surface area contributed by atoms with Gasteiger partial charge in [-0.1, -0.05) is 6.07 Å². The van der Waals surface area contributed by atoms with Crippen LogP contribution >= 0.6 is 12.4 Å². The first-order valence-corrected chi connectivity index (χ1v) is 6.09. The number of rotatable bonds is 3. The van der Waals surface area contributed by atoms with Gasteiger partial charge in [-0.15, -0.1) is 12.4 Å². The van der Waals surface area contributed by atoms with Gasteiger partial charge in [-0.25, -0.2) is 8.78 Å². The molecule has 1 aliphatic rings. The van der Waals surface area contributed by atoms with Gasteiger partial charge in [0.2, 0.25) is 5.91 Å². The Kier molecular flexibility index (Phi) is 6.18. The third kappa shape index (κ3) is 4.76. The molecular formula is C13H17ClF2N2O. The second-order valence-electron chi connectivity index (χ2n) is 4.52. The Hall–Kier alpha value is -1.20. The molecule has 6 heteroatoms. The molecule has 1 fully saturated rings. The normalized spacial score (nSPS) is 18.5. The van der Waals surface area contributed by atoms with Crippen molar-refractivity contribution in [3.8, 4) is 0 Å². The minimum absolute atomic E-state index is 0. The highest BCUT2D eigenvalue weighted by Crippen LogP contribution is 2.10. The fraction of sp³-hybridized carbons (Fsp3) is 0.462. The van der Waals surface area contributed by atoms with Gasteiger partial charge in [-0.05, 0) is 31.0 Å². The zero-order chi connectivity index (χ0) is 13.0. The molecule has 0 unspecified atom stereocenters. The highest BCUT2D eigenvalue weighted by atomic mass is 35.5. The molecule has 2 rings (SSSR count). The minimum Gasteiger partial charge on any atom is -0.352 e. The molecule has 0 aliphatic carbocycles. The molecule has 1 heterocycles. The molecule has 2 N–H and O–H groups in total. The molecule has 0 saturated carbocycles. The van der Waals surface area contributed by atoms with E-state index in [0.717, 1.165) is 38.1 Å². The van der Waals surface area contributed by atoms with Crippen LogP contribution in [0.1, 0.15) is 18.4 Å². The fourth-order valence-electron chi connectivity index (χ4n) is 2.09. The van der Waals surface area contributed by atoms with Gasteiger partial charge >= 0.3 is 0 Å². The summed E-state index contributed by atoms with van der Waals surface area (Å²) in [6, 6.07) is 3.37. The third-order valence-corrected chi connectivity index (χ3v) is 3.03. The van der Waals surface area contributed by atoms with Gasteiger partial charge in [-0.3, -0.25) is 4.79 Å². The number of benzene rings is 1. The van der Waals surface area contributed by atoms with Crippen LogP contribution in [0.2, 0.25) is 0 Å². The average molecular weight is 291 g/mol. The molecule has 106 valence electrons. The van der Waals surface area contributed by atoms with Crippen molar-refractivity contribution in [2.45, 2.75) is 25.3 Å². The summed E-state index contributed by atoms with van der Waals surface area (Å²) in [4.78, 5) is 11.7. The number of amides is 1. The van der Waals surface area contributed by atoms with Gasteiger partial charge in [0, 0.05) is 18.7 Å². The summed E-state index contributed by atoms with van der Waals surface area (Å²) < 4.78 is 26.1. The van der Waals surface area contributed by atoms with E-state index in [1.54, 1.807) is 0 Å². The van der Waals surface area contributed by atoms with E-state index in [0.29, 0.717) is 0 Å². The maximum Gasteiger partial charge on any atom is 0.224 e. The summed E-state index contributed by atoms with van der Waals surface area (Å²) in [6.45, 7) is 1.72. The molecule has 3 nitrogen and oxygen atoms in total. The van der Waals surface area contributed by atoms with Crippen molar-refractivity contribution in [2.24, 2.45) is 0 Å². The lowest BCUT2D eigenvalue weighted by molar-refractivity contribution is -0.121. The van der Waals surface area contributed by atoms with E-state index in [4.69, 9.17) is 0 Å². The van der Waals surface area contributed by atoms with Gasteiger partial charge in [0.25, 0.3) is 0 Å². The number of piperidine rings is 1. The number of hydrogen-bond acceptors (Lipinski definition) is 2. The second kappa shape index (κ2) is 7.40. The summed E-state index contributed by atoms with van der Waals surface area (Å²) in [6.07, 6.45) is 1.91. The Morgan fingerprint density at radius 3 is 2.84 bits per heavy atom. The summed E-state index contributed by atoms with van der Waals surface area (Å²) in [5.41, 5.74) is 0.220. The van der Waals surface area contributed by atoms with Gasteiger partial charge in [0.05, 0.1) is 6.42 Å². The molecule has 1 atom stereocenters. The van der Waals surface area contributed by atoms with E-state index in [1.165, 1.54) is 6.07 Å². The summed E-state index contributed by atoms with van der Waals surface area (Å²) >= 11 is 0. The smallest absolute Gasteiger partial charge is 0.224 e. The highest BCUT2D eigenvalue weighted by Gasteiger charge is 2.16. The van der Waals surface area contributed by atoms with Crippen LogP contribution in [-0.4, -0.2) is 25.0 Å². The molecule has 19 heavy (non-hydrogen) atoms. The Morgan fingerprint density at radius 2 is 2.21 bits per heavy atom. The van der Waals surface area contributed by atoms with Crippen molar-refractivity contribution in [1.82, 2.24) is 10.6 Å². The predicted octanol–water partition coefficient (Wildman–Crippen LogP) is 1.80. The van der Waals surface area contributed by atoms with E-state index in [9.17, 15) is 13.6 Å². The monoisotopic (exact) mass is 290 g/mol.